The number of rotatable bonds is 7. The molecular weight excluding hydrogens is 502 g/mol. The molecule has 3 aromatic heterocycles. The molecular formula is C27H31N7O3S. The Morgan fingerprint density at radius 3 is 2.53 bits per heavy atom. The maximum Gasteiger partial charge on any atom is 0.308 e. The van der Waals surface area contributed by atoms with E-state index in [4.69, 9.17) is 14.8 Å². The van der Waals surface area contributed by atoms with Crippen LogP contribution in [0.25, 0.3) is 5.00 Å². The van der Waals surface area contributed by atoms with Crippen molar-refractivity contribution >= 4 is 34.4 Å². The minimum atomic E-state index is -0.588. The van der Waals surface area contributed by atoms with Crippen molar-refractivity contribution in [1.29, 1.82) is 0 Å². The van der Waals surface area contributed by atoms with Gasteiger partial charge in [-0.05, 0) is 52.3 Å². The predicted molar refractivity (Wildman–Crippen MR) is 147 cm³/mol. The molecule has 0 aliphatic carbocycles. The van der Waals surface area contributed by atoms with Crippen LogP contribution < -0.4 is 5.32 Å². The molecule has 0 radical (unpaired) electrons. The lowest BCUT2D eigenvalue weighted by Gasteiger charge is -2.13. The first-order valence-electron chi connectivity index (χ1n) is 12.4. The predicted octanol–water partition coefficient (Wildman–Crippen LogP) is 4.17. The topological polar surface area (TPSA) is 119 Å². The van der Waals surface area contributed by atoms with Crippen LogP contribution in [0.2, 0.25) is 0 Å². The van der Waals surface area contributed by atoms with Crippen molar-refractivity contribution in [2.24, 2.45) is 12.0 Å². The fourth-order valence-corrected chi connectivity index (χ4v) is 5.93. The summed E-state index contributed by atoms with van der Waals surface area (Å²) < 4.78 is 9.03. The van der Waals surface area contributed by atoms with Crippen LogP contribution in [0.15, 0.2) is 29.3 Å². The van der Waals surface area contributed by atoms with Crippen LogP contribution >= 0.6 is 11.3 Å². The molecule has 5 rings (SSSR count). The standard InChI is InChI=1S/C27H31N7O3S/c1-14-17(4)38-27-23(14)25(19-7-9-20(10-8-19)28-24-15(2)32-33(6)16(24)3)29-21(13-22(36)37-12-11-35)26-31-30-18(5)34(26)27/h7-10,21,28,35H,11-13H2,1-6H3/t21-/m0/s1. The van der Waals surface area contributed by atoms with Gasteiger partial charge in [0, 0.05) is 28.7 Å². The van der Waals surface area contributed by atoms with E-state index in [0.29, 0.717) is 5.82 Å². The van der Waals surface area contributed by atoms with E-state index < -0.39 is 12.0 Å². The summed E-state index contributed by atoms with van der Waals surface area (Å²) in [5.41, 5.74) is 7.81. The van der Waals surface area contributed by atoms with E-state index in [0.717, 1.165) is 56.0 Å². The van der Waals surface area contributed by atoms with Gasteiger partial charge in [-0.25, -0.2) is 0 Å². The smallest absolute Gasteiger partial charge is 0.308 e. The Hall–Kier alpha value is -3.83. The molecule has 0 bridgehead atoms. The van der Waals surface area contributed by atoms with E-state index in [1.54, 1.807) is 11.3 Å². The third-order valence-corrected chi connectivity index (χ3v) is 8.08. The molecule has 38 heavy (non-hydrogen) atoms. The van der Waals surface area contributed by atoms with E-state index in [9.17, 15) is 4.79 Å². The highest BCUT2D eigenvalue weighted by molar-refractivity contribution is 7.15. The van der Waals surface area contributed by atoms with Crippen molar-refractivity contribution in [3.05, 3.63) is 68.9 Å². The second kappa shape index (κ2) is 10.1. The second-order valence-corrected chi connectivity index (χ2v) is 10.6. The lowest BCUT2D eigenvalue weighted by Crippen LogP contribution is -2.15. The van der Waals surface area contributed by atoms with Crippen molar-refractivity contribution in [3.63, 3.8) is 0 Å². The first-order valence-corrected chi connectivity index (χ1v) is 13.3. The van der Waals surface area contributed by atoms with E-state index >= 15 is 0 Å². The highest BCUT2D eigenvalue weighted by Crippen LogP contribution is 2.39. The van der Waals surface area contributed by atoms with Gasteiger partial charge >= 0.3 is 5.97 Å². The second-order valence-electron chi connectivity index (χ2n) is 9.42. The van der Waals surface area contributed by atoms with Crippen LogP contribution in [0.1, 0.15) is 57.1 Å². The van der Waals surface area contributed by atoms with E-state index in [1.165, 1.54) is 4.88 Å². The Bertz CT molecular complexity index is 1550. The molecule has 11 heteroatoms. The van der Waals surface area contributed by atoms with Crippen molar-refractivity contribution < 1.29 is 14.6 Å². The van der Waals surface area contributed by atoms with Gasteiger partial charge < -0.3 is 15.2 Å². The summed E-state index contributed by atoms with van der Waals surface area (Å²) in [7, 11) is 1.93. The number of anilines is 2. The molecule has 1 aromatic carbocycles. The molecule has 1 atom stereocenters. The van der Waals surface area contributed by atoms with E-state index in [-0.39, 0.29) is 19.6 Å². The number of nitrogens with zero attached hydrogens (tertiary/aromatic N) is 6. The van der Waals surface area contributed by atoms with E-state index in [2.05, 4.69) is 34.5 Å². The monoisotopic (exact) mass is 533 g/mol. The summed E-state index contributed by atoms with van der Waals surface area (Å²) >= 11 is 1.67. The van der Waals surface area contributed by atoms with Gasteiger partial charge in [-0.15, -0.1) is 21.5 Å². The third kappa shape index (κ3) is 4.52. The van der Waals surface area contributed by atoms with Crippen LogP contribution in [-0.4, -0.2) is 54.5 Å². The molecule has 1 aliphatic heterocycles. The summed E-state index contributed by atoms with van der Waals surface area (Å²) in [5, 5.41) is 26.8. The number of aliphatic hydroxyl groups excluding tert-OH is 1. The zero-order chi connectivity index (χ0) is 27.1. The van der Waals surface area contributed by atoms with Gasteiger partial charge in [0.05, 0.1) is 35.8 Å². The summed E-state index contributed by atoms with van der Waals surface area (Å²) in [4.78, 5) is 18.9. The highest BCUT2D eigenvalue weighted by Gasteiger charge is 2.32. The zero-order valence-electron chi connectivity index (χ0n) is 22.4. The molecule has 1 aliphatic rings. The Labute approximate surface area is 225 Å². The number of fused-ring (bicyclic) bond motifs is 3. The minimum absolute atomic E-state index is 0.00615. The lowest BCUT2D eigenvalue weighted by molar-refractivity contribution is -0.145. The summed E-state index contributed by atoms with van der Waals surface area (Å²) in [6, 6.07) is 7.55. The van der Waals surface area contributed by atoms with Gasteiger partial charge in [0.1, 0.15) is 23.5 Å². The number of ether oxygens (including phenoxy) is 1. The van der Waals surface area contributed by atoms with Gasteiger partial charge in [-0.3, -0.25) is 19.0 Å². The molecule has 4 aromatic rings. The maximum absolute atomic E-state index is 12.6. The summed E-state index contributed by atoms with van der Waals surface area (Å²) in [5.74, 6) is 0.885. The van der Waals surface area contributed by atoms with Crippen LogP contribution in [0.4, 0.5) is 11.4 Å². The molecule has 2 N–H and O–H groups in total. The molecule has 0 saturated heterocycles. The number of esters is 1. The number of aliphatic hydroxyl groups is 1. The quantitative estimate of drug-likeness (QED) is 0.342. The molecule has 10 nitrogen and oxygen atoms in total. The Morgan fingerprint density at radius 2 is 1.87 bits per heavy atom. The number of aryl methyl sites for hydroxylation is 4. The Morgan fingerprint density at radius 1 is 1.13 bits per heavy atom. The molecule has 0 saturated carbocycles. The average Bonchev–Trinajstić information content (AvgIpc) is 3.46. The number of carbonyl (C=O) groups excluding carboxylic acids is 1. The molecule has 4 heterocycles. The zero-order valence-corrected chi connectivity index (χ0v) is 23.2. The van der Waals surface area contributed by atoms with Gasteiger partial charge in [0.25, 0.3) is 0 Å². The van der Waals surface area contributed by atoms with Crippen molar-refractivity contribution in [2.75, 3.05) is 18.5 Å². The lowest BCUT2D eigenvalue weighted by atomic mass is 9.99. The average molecular weight is 534 g/mol. The van der Waals surface area contributed by atoms with Gasteiger partial charge in [0.15, 0.2) is 5.82 Å². The third-order valence-electron chi connectivity index (χ3n) is 6.89. The van der Waals surface area contributed by atoms with Crippen molar-refractivity contribution in [1.82, 2.24) is 24.5 Å². The van der Waals surface area contributed by atoms with Gasteiger partial charge in [-0.2, -0.15) is 5.10 Å². The van der Waals surface area contributed by atoms with Crippen LogP contribution in [0.5, 0.6) is 0 Å². The fraction of sp³-hybridized carbons (Fsp3) is 0.370. The van der Waals surface area contributed by atoms with Gasteiger partial charge in [0.2, 0.25) is 0 Å². The number of benzene rings is 1. The largest absolute Gasteiger partial charge is 0.463 e. The molecule has 0 unspecified atom stereocenters. The highest BCUT2D eigenvalue weighted by atomic mass is 32.1. The van der Waals surface area contributed by atoms with Crippen LogP contribution in [0.3, 0.4) is 0 Å². The minimum Gasteiger partial charge on any atom is -0.463 e. The first kappa shape index (κ1) is 25.8. The van der Waals surface area contributed by atoms with Crippen molar-refractivity contribution in [2.45, 2.75) is 47.1 Å². The first-order chi connectivity index (χ1) is 18.2. The maximum atomic E-state index is 12.6. The number of aromatic nitrogens is 5. The number of thiophene rings is 1. The Balaban J connectivity index is 1.58. The van der Waals surface area contributed by atoms with Gasteiger partial charge in [-0.1, -0.05) is 12.1 Å². The van der Waals surface area contributed by atoms with Crippen LogP contribution in [0, 0.1) is 34.6 Å². The number of carbonyl (C=O) groups is 1. The fourth-order valence-electron chi connectivity index (χ4n) is 4.71. The molecule has 0 spiro atoms. The van der Waals surface area contributed by atoms with E-state index in [1.807, 2.05) is 61.3 Å². The molecule has 198 valence electrons. The van der Waals surface area contributed by atoms with Crippen molar-refractivity contribution in [3.8, 4) is 5.00 Å². The SMILES string of the molecule is Cc1nn(C)c(C)c1Nc1ccc(C2=N[C@@H](CC(=O)OCCO)c3nnc(C)n3-c3sc(C)c(C)c32)cc1. The number of aliphatic imine (C=N–C) groups is 1. The molecule has 0 amide bonds. The summed E-state index contributed by atoms with van der Waals surface area (Å²) in [6.45, 7) is 9.84. The molecule has 0 fully saturated rings. The number of nitrogens with one attached hydrogen (secondary N) is 1. The Kier molecular flexibility index (Phi) is 6.89. The van der Waals surface area contributed by atoms with Crippen LogP contribution in [-0.2, 0) is 16.6 Å². The summed E-state index contributed by atoms with van der Waals surface area (Å²) in [6.07, 6.45) is -0.00615. The normalized spacial score (nSPS) is 14.5. The number of hydrogen-bond acceptors (Lipinski definition) is 9. The number of hydrogen-bond donors (Lipinski definition) is 2.